The number of methoxy groups -OCH3 is 3. The third-order valence-corrected chi connectivity index (χ3v) is 6.80. The average Bonchev–Trinajstić information content (AvgIpc) is 3.17. The van der Waals surface area contributed by atoms with Gasteiger partial charge in [-0.1, -0.05) is 31.2 Å². The summed E-state index contributed by atoms with van der Waals surface area (Å²) in [5.41, 5.74) is 3.91. The minimum absolute atomic E-state index is 0.280. The summed E-state index contributed by atoms with van der Waals surface area (Å²) in [6.45, 7) is 3.61. The number of aliphatic carboxylic acids is 1. The highest BCUT2D eigenvalue weighted by Crippen LogP contribution is 2.39. The summed E-state index contributed by atoms with van der Waals surface area (Å²) in [7, 11) is 4.46. The molecule has 1 heterocycles. The fourth-order valence-corrected chi connectivity index (χ4v) is 4.81. The van der Waals surface area contributed by atoms with Gasteiger partial charge in [0.2, 0.25) is 5.75 Å². The van der Waals surface area contributed by atoms with Crippen molar-refractivity contribution in [3.05, 3.63) is 71.3 Å². The first kappa shape index (κ1) is 26.5. The highest BCUT2D eigenvalue weighted by Gasteiger charge is 2.40. The number of anilines is 1. The molecule has 0 saturated heterocycles. The second-order valence-corrected chi connectivity index (χ2v) is 8.90. The first-order chi connectivity index (χ1) is 18.2. The van der Waals surface area contributed by atoms with Crippen molar-refractivity contribution in [3.63, 3.8) is 0 Å². The fourth-order valence-electron chi connectivity index (χ4n) is 4.81. The molecule has 0 aliphatic carbocycles. The number of carboxylic acid groups (broad SMARTS) is 1. The van der Waals surface area contributed by atoms with Crippen LogP contribution in [0, 0.1) is 0 Å². The minimum atomic E-state index is -1.01. The molecule has 1 unspecified atom stereocenters. The molecule has 1 aliphatic heterocycles. The predicted octanol–water partition coefficient (Wildman–Crippen LogP) is 5.01. The van der Waals surface area contributed by atoms with Crippen molar-refractivity contribution in [3.8, 4) is 28.4 Å². The smallest absolute Gasteiger partial charge is 0.326 e. The zero-order chi connectivity index (χ0) is 27.6. The highest BCUT2D eigenvalue weighted by atomic mass is 16.5. The van der Waals surface area contributed by atoms with E-state index in [1.54, 1.807) is 37.3 Å². The lowest BCUT2D eigenvalue weighted by Gasteiger charge is -2.28. The van der Waals surface area contributed by atoms with Gasteiger partial charge in [-0.15, -0.1) is 0 Å². The van der Waals surface area contributed by atoms with Crippen LogP contribution < -0.4 is 19.5 Å². The van der Waals surface area contributed by atoms with E-state index < -0.39 is 12.0 Å². The molecule has 3 aromatic carbocycles. The summed E-state index contributed by atoms with van der Waals surface area (Å²) in [5, 5.41) is 12.4. The molecule has 0 fully saturated rings. The van der Waals surface area contributed by atoms with E-state index in [4.69, 9.17) is 14.2 Å². The number of nitrogens with zero attached hydrogens (tertiary/aromatic N) is 1. The van der Waals surface area contributed by atoms with Crippen LogP contribution in [0.15, 0.2) is 54.6 Å². The summed E-state index contributed by atoms with van der Waals surface area (Å²) in [6, 6.07) is 14.8. The monoisotopic (exact) mass is 518 g/mol. The van der Waals surface area contributed by atoms with Crippen molar-refractivity contribution in [2.24, 2.45) is 0 Å². The number of carbonyl (C=O) groups excluding carboxylic acids is 2. The molecule has 2 amide bonds. The fraction of sp³-hybridized carbons (Fsp3) is 0.276. The van der Waals surface area contributed by atoms with Crippen LogP contribution in [-0.4, -0.2) is 55.2 Å². The van der Waals surface area contributed by atoms with Gasteiger partial charge < -0.3 is 29.5 Å². The Labute approximate surface area is 220 Å². The van der Waals surface area contributed by atoms with E-state index in [0.29, 0.717) is 40.5 Å². The second-order valence-electron chi connectivity index (χ2n) is 8.90. The number of carbonyl (C=O) groups is 3. The van der Waals surface area contributed by atoms with E-state index >= 15 is 0 Å². The Morgan fingerprint density at radius 1 is 0.947 bits per heavy atom. The van der Waals surface area contributed by atoms with Crippen LogP contribution in [-0.2, 0) is 4.79 Å². The van der Waals surface area contributed by atoms with Crippen molar-refractivity contribution in [2.45, 2.75) is 32.4 Å². The van der Waals surface area contributed by atoms with Crippen molar-refractivity contribution in [1.29, 1.82) is 0 Å². The van der Waals surface area contributed by atoms with Gasteiger partial charge in [0.1, 0.15) is 6.04 Å². The van der Waals surface area contributed by atoms with Gasteiger partial charge >= 0.3 is 5.97 Å². The Balaban J connectivity index is 1.54. The highest BCUT2D eigenvalue weighted by molar-refractivity contribution is 6.05. The Morgan fingerprint density at radius 2 is 1.55 bits per heavy atom. The summed E-state index contributed by atoms with van der Waals surface area (Å²) >= 11 is 0. The molecule has 0 aromatic heterocycles. The lowest BCUT2D eigenvalue weighted by Crippen LogP contribution is -2.42. The Hall–Kier alpha value is -4.53. The number of hydrogen-bond donors (Lipinski definition) is 2. The predicted molar refractivity (Wildman–Crippen MR) is 142 cm³/mol. The van der Waals surface area contributed by atoms with Gasteiger partial charge in [-0.2, -0.15) is 0 Å². The molecule has 3 aromatic rings. The zero-order valence-corrected chi connectivity index (χ0v) is 21.9. The normalized spacial score (nSPS) is 15.0. The van der Waals surface area contributed by atoms with Crippen LogP contribution in [0.3, 0.4) is 0 Å². The maximum Gasteiger partial charge on any atom is 0.326 e. The maximum absolute atomic E-state index is 13.1. The van der Waals surface area contributed by atoms with Crippen LogP contribution in [0.5, 0.6) is 17.2 Å². The summed E-state index contributed by atoms with van der Waals surface area (Å²) in [5.74, 6) is -0.490. The van der Waals surface area contributed by atoms with Gasteiger partial charge in [-0.25, -0.2) is 4.79 Å². The molecule has 0 bridgehead atoms. The lowest BCUT2D eigenvalue weighted by atomic mass is 9.98. The molecule has 0 spiro atoms. The van der Waals surface area contributed by atoms with Crippen molar-refractivity contribution < 1.29 is 33.7 Å². The van der Waals surface area contributed by atoms with Crippen LogP contribution in [0.2, 0.25) is 0 Å². The minimum Gasteiger partial charge on any atom is -0.493 e. The number of rotatable bonds is 9. The van der Waals surface area contributed by atoms with Crippen LogP contribution in [0.25, 0.3) is 11.1 Å². The van der Waals surface area contributed by atoms with E-state index in [1.165, 1.54) is 26.2 Å². The molecule has 0 saturated carbocycles. The van der Waals surface area contributed by atoms with Crippen LogP contribution >= 0.6 is 0 Å². The largest absolute Gasteiger partial charge is 0.493 e. The molecular weight excluding hydrogens is 488 g/mol. The molecule has 1 aliphatic rings. The molecule has 9 heteroatoms. The Morgan fingerprint density at radius 3 is 2.08 bits per heavy atom. The quantitative estimate of drug-likeness (QED) is 0.409. The van der Waals surface area contributed by atoms with Crippen LogP contribution in [0.1, 0.15) is 52.6 Å². The Bertz CT molecular complexity index is 1360. The standard InChI is InChI=1S/C29H30N2O7/c1-6-23(29(34)35)31-16(2)21-12-9-18(13-22(21)28(31)33)17-7-10-20(11-8-17)30-27(32)19-14-24(36-3)26(38-5)25(15-19)37-4/h7-16,23H,6H2,1-5H3,(H,30,32)(H,34,35)/t16-,23?/m0/s1. The molecule has 0 radical (unpaired) electrons. The van der Waals surface area contributed by atoms with Crippen molar-refractivity contribution in [2.75, 3.05) is 26.6 Å². The third-order valence-electron chi connectivity index (χ3n) is 6.80. The van der Waals surface area contributed by atoms with E-state index in [-0.39, 0.29) is 17.9 Å². The third kappa shape index (κ3) is 4.74. The first-order valence-corrected chi connectivity index (χ1v) is 12.1. The summed E-state index contributed by atoms with van der Waals surface area (Å²) in [4.78, 5) is 39.2. The van der Waals surface area contributed by atoms with Gasteiger partial charge in [0, 0.05) is 16.8 Å². The molecule has 198 valence electrons. The SMILES string of the molecule is CCC(C(=O)O)N1C(=O)c2cc(-c3ccc(NC(=O)c4cc(OC)c(OC)c(OC)c4)cc3)ccc2[C@@H]1C. The van der Waals surface area contributed by atoms with Gasteiger partial charge in [0.05, 0.1) is 27.4 Å². The average molecular weight is 519 g/mol. The van der Waals surface area contributed by atoms with E-state index in [0.717, 1.165) is 16.7 Å². The number of hydrogen-bond acceptors (Lipinski definition) is 6. The van der Waals surface area contributed by atoms with Crippen molar-refractivity contribution >= 4 is 23.5 Å². The second kappa shape index (κ2) is 10.8. The molecular formula is C29H30N2O7. The number of ether oxygens (including phenoxy) is 3. The summed E-state index contributed by atoms with van der Waals surface area (Å²) < 4.78 is 16.0. The van der Waals surface area contributed by atoms with Gasteiger partial charge in [0.15, 0.2) is 11.5 Å². The molecule has 9 nitrogen and oxygen atoms in total. The number of nitrogens with one attached hydrogen (secondary N) is 1. The molecule has 4 rings (SSSR count). The lowest BCUT2D eigenvalue weighted by molar-refractivity contribution is -0.143. The summed E-state index contributed by atoms with van der Waals surface area (Å²) in [6.07, 6.45) is 0.329. The number of benzene rings is 3. The van der Waals surface area contributed by atoms with Crippen molar-refractivity contribution in [1.82, 2.24) is 4.90 Å². The van der Waals surface area contributed by atoms with Gasteiger partial charge in [-0.3, -0.25) is 9.59 Å². The van der Waals surface area contributed by atoms with E-state index in [2.05, 4.69) is 5.32 Å². The van der Waals surface area contributed by atoms with Crippen LogP contribution in [0.4, 0.5) is 5.69 Å². The van der Waals surface area contributed by atoms with Gasteiger partial charge in [0.25, 0.3) is 11.8 Å². The number of amides is 2. The maximum atomic E-state index is 13.1. The van der Waals surface area contributed by atoms with E-state index in [9.17, 15) is 19.5 Å². The molecule has 2 N–H and O–H groups in total. The van der Waals surface area contributed by atoms with E-state index in [1.807, 2.05) is 31.2 Å². The van der Waals surface area contributed by atoms with Gasteiger partial charge in [-0.05, 0) is 60.4 Å². The topological polar surface area (TPSA) is 114 Å². The Kier molecular flexibility index (Phi) is 7.57. The molecule has 38 heavy (non-hydrogen) atoms. The number of carboxylic acids is 1. The number of fused-ring (bicyclic) bond motifs is 1. The zero-order valence-electron chi connectivity index (χ0n) is 21.9. The molecule has 2 atom stereocenters. The first-order valence-electron chi connectivity index (χ1n) is 12.1.